The van der Waals surface area contributed by atoms with Gasteiger partial charge in [-0.15, -0.1) is 11.3 Å². The summed E-state index contributed by atoms with van der Waals surface area (Å²) < 4.78 is 11.7. The highest BCUT2D eigenvalue weighted by atomic mass is 32.1. The number of hydrogen-bond donors (Lipinski definition) is 0. The number of aromatic nitrogens is 4. The van der Waals surface area contributed by atoms with Crippen LogP contribution in [0.5, 0.6) is 0 Å². The van der Waals surface area contributed by atoms with E-state index in [1.165, 1.54) is 36.3 Å². The molecule has 0 atom stereocenters. The van der Waals surface area contributed by atoms with Crippen LogP contribution in [0.25, 0.3) is 125 Å². The second kappa shape index (κ2) is 12.4. The lowest BCUT2D eigenvalue weighted by atomic mass is 10.0. The standard InChI is InChI=1S/C53H30N4OS/c1-2-13-32-28-35(25-24-31(32)12-1)51-54-52(39-19-11-23-47-48(39)38-18-7-10-22-46(38)59-47)56-53(55-51)40-26-27-43(49-37-17-6-9-21-45(37)58-50(40)49)57-42-20-8-5-16-36(42)41-29-33-14-3-4-15-34(33)30-44(41)57/h1-30H. The Balaban J connectivity index is 1.11. The van der Waals surface area contributed by atoms with Crippen LogP contribution in [-0.4, -0.2) is 19.5 Å². The molecule has 4 aromatic heterocycles. The van der Waals surface area contributed by atoms with Gasteiger partial charge in [0.2, 0.25) is 0 Å². The fourth-order valence-electron chi connectivity index (χ4n) is 9.12. The summed E-state index contributed by atoms with van der Waals surface area (Å²) in [5.41, 5.74) is 7.55. The van der Waals surface area contributed by atoms with Crippen LogP contribution in [0.15, 0.2) is 186 Å². The van der Waals surface area contributed by atoms with Crippen molar-refractivity contribution in [2.75, 3.05) is 0 Å². The number of thiophene rings is 1. The van der Waals surface area contributed by atoms with Crippen LogP contribution < -0.4 is 0 Å². The summed E-state index contributed by atoms with van der Waals surface area (Å²) in [6.07, 6.45) is 0. The van der Waals surface area contributed by atoms with Crippen molar-refractivity contribution in [2.24, 2.45) is 0 Å². The van der Waals surface area contributed by atoms with Crippen molar-refractivity contribution < 1.29 is 4.42 Å². The quantitative estimate of drug-likeness (QED) is 0.179. The molecule has 0 spiro atoms. The lowest BCUT2D eigenvalue weighted by Crippen LogP contribution is -2.01. The summed E-state index contributed by atoms with van der Waals surface area (Å²) in [5.74, 6) is 1.78. The summed E-state index contributed by atoms with van der Waals surface area (Å²) in [6, 6.07) is 64.4. The summed E-state index contributed by atoms with van der Waals surface area (Å²) in [5, 5.41) is 11.5. The third kappa shape index (κ3) is 4.87. The van der Waals surface area contributed by atoms with Gasteiger partial charge in [-0.2, -0.15) is 0 Å². The van der Waals surface area contributed by atoms with Crippen molar-refractivity contribution >= 4 is 96.8 Å². The second-order valence-corrected chi connectivity index (χ2v) is 16.2. The zero-order chi connectivity index (χ0) is 38.6. The van der Waals surface area contributed by atoms with E-state index in [4.69, 9.17) is 19.4 Å². The van der Waals surface area contributed by atoms with Gasteiger partial charge in [-0.25, -0.2) is 15.0 Å². The van der Waals surface area contributed by atoms with Crippen LogP contribution in [0.4, 0.5) is 0 Å². The molecule has 0 amide bonds. The zero-order valence-corrected chi connectivity index (χ0v) is 32.2. The van der Waals surface area contributed by atoms with Crippen LogP contribution in [0.3, 0.4) is 0 Å². The molecule has 0 aliphatic carbocycles. The minimum Gasteiger partial charge on any atom is -0.455 e. The smallest absolute Gasteiger partial charge is 0.167 e. The molecule has 5 nitrogen and oxygen atoms in total. The number of benzene rings is 9. The first-order valence-electron chi connectivity index (χ1n) is 19.8. The first kappa shape index (κ1) is 32.4. The molecular formula is C53H30N4OS. The topological polar surface area (TPSA) is 56.7 Å². The minimum absolute atomic E-state index is 0.554. The van der Waals surface area contributed by atoms with E-state index in [0.29, 0.717) is 17.5 Å². The lowest BCUT2D eigenvalue weighted by Gasteiger charge is -2.13. The van der Waals surface area contributed by atoms with Crippen molar-refractivity contribution in [1.29, 1.82) is 0 Å². The van der Waals surface area contributed by atoms with E-state index in [2.05, 4.69) is 174 Å². The predicted molar refractivity (Wildman–Crippen MR) is 246 cm³/mol. The molecule has 13 rings (SSSR count). The average molecular weight is 771 g/mol. The van der Waals surface area contributed by atoms with E-state index in [1.807, 2.05) is 12.1 Å². The Hall–Kier alpha value is -7.67. The molecule has 0 bridgehead atoms. The van der Waals surface area contributed by atoms with Gasteiger partial charge in [0.1, 0.15) is 11.2 Å². The van der Waals surface area contributed by atoms with Gasteiger partial charge in [-0.05, 0) is 76.1 Å². The maximum atomic E-state index is 6.92. The van der Waals surface area contributed by atoms with E-state index in [9.17, 15) is 0 Å². The molecule has 0 radical (unpaired) electrons. The van der Waals surface area contributed by atoms with Gasteiger partial charge >= 0.3 is 0 Å². The van der Waals surface area contributed by atoms with Crippen LogP contribution in [-0.2, 0) is 0 Å². The van der Waals surface area contributed by atoms with Crippen molar-refractivity contribution in [2.45, 2.75) is 0 Å². The number of para-hydroxylation sites is 2. The summed E-state index contributed by atoms with van der Waals surface area (Å²) in [4.78, 5) is 15.9. The van der Waals surface area contributed by atoms with Gasteiger partial charge in [0.25, 0.3) is 0 Å². The van der Waals surface area contributed by atoms with Gasteiger partial charge in [0.05, 0.1) is 27.7 Å². The SMILES string of the molecule is c1ccc2cc(-c3nc(-c4ccc(-n5c6ccccc6c6cc7ccccc7cc65)c5c4oc4ccccc45)nc(-c4cccc5sc6ccccc6c45)n3)ccc2c1. The van der Waals surface area contributed by atoms with Gasteiger partial charge in [-0.3, -0.25) is 0 Å². The molecule has 59 heavy (non-hydrogen) atoms. The predicted octanol–water partition coefficient (Wildman–Crippen LogP) is 14.5. The molecule has 0 saturated heterocycles. The van der Waals surface area contributed by atoms with E-state index < -0.39 is 0 Å². The fraction of sp³-hybridized carbons (Fsp3) is 0. The second-order valence-electron chi connectivity index (χ2n) is 15.1. The first-order valence-corrected chi connectivity index (χ1v) is 20.6. The Bertz CT molecular complexity index is 3870. The number of hydrogen-bond acceptors (Lipinski definition) is 5. The Morgan fingerprint density at radius 2 is 1.07 bits per heavy atom. The molecule has 13 aromatic rings. The molecule has 0 unspecified atom stereocenters. The van der Waals surface area contributed by atoms with Gasteiger partial charge in [0, 0.05) is 47.5 Å². The molecule has 0 fully saturated rings. The van der Waals surface area contributed by atoms with Gasteiger partial charge < -0.3 is 8.98 Å². The maximum absolute atomic E-state index is 6.92. The van der Waals surface area contributed by atoms with E-state index in [-0.39, 0.29) is 0 Å². The third-order valence-electron chi connectivity index (χ3n) is 11.8. The minimum atomic E-state index is 0.554. The highest BCUT2D eigenvalue weighted by molar-refractivity contribution is 7.25. The largest absolute Gasteiger partial charge is 0.455 e. The Kier molecular flexibility index (Phi) is 6.82. The van der Waals surface area contributed by atoms with Crippen molar-refractivity contribution in [3.05, 3.63) is 182 Å². The fourth-order valence-corrected chi connectivity index (χ4v) is 10.3. The normalized spacial score (nSPS) is 12.1. The van der Waals surface area contributed by atoms with Crippen molar-refractivity contribution in [3.8, 4) is 39.9 Å². The maximum Gasteiger partial charge on any atom is 0.167 e. The first-order chi connectivity index (χ1) is 29.2. The van der Waals surface area contributed by atoms with E-state index in [1.54, 1.807) is 11.3 Å². The van der Waals surface area contributed by atoms with Crippen molar-refractivity contribution in [3.63, 3.8) is 0 Å². The summed E-state index contributed by atoms with van der Waals surface area (Å²) in [7, 11) is 0. The highest BCUT2D eigenvalue weighted by Crippen LogP contribution is 2.44. The van der Waals surface area contributed by atoms with Crippen LogP contribution >= 0.6 is 11.3 Å². The molecule has 9 aromatic carbocycles. The Morgan fingerprint density at radius 3 is 1.93 bits per heavy atom. The van der Waals surface area contributed by atoms with Crippen molar-refractivity contribution in [1.82, 2.24) is 19.5 Å². The van der Waals surface area contributed by atoms with E-state index >= 15 is 0 Å². The lowest BCUT2D eigenvalue weighted by molar-refractivity contribution is 0.669. The summed E-state index contributed by atoms with van der Waals surface area (Å²) >= 11 is 1.79. The van der Waals surface area contributed by atoms with Gasteiger partial charge in [-0.1, -0.05) is 127 Å². The molecule has 6 heteroatoms. The zero-order valence-electron chi connectivity index (χ0n) is 31.4. The molecular weight excluding hydrogens is 741 g/mol. The third-order valence-corrected chi connectivity index (χ3v) is 12.9. The number of fused-ring (bicyclic) bond motifs is 11. The van der Waals surface area contributed by atoms with Crippen LogP contribution in [0.2, 0.25) is 0 Å². The van der Waals surface area contributed by atoms with E-state index in [0.717, 1.165) is 71.5 Å². The van der Waals surface area contributed by atoms with Crippen LogP contribution in [0, 0.1) is 0 Å². The highest BCUT2D eigenvalue weighted by Gasteiger charge is 2.24. The molecule has 4 heterocycles. The van der Waals surface area contributed by atoms with Gasteiger partial charge in [0.15, 0.2) is 17.5 Å². The Morgan fingerprint density at radius 1 is 0.407 bits per heavy atom. The molecule has 0 N–H and O–H groups in total. The molecule has 274 valence electrons. The molecule has 0 aliphatic heterocycles. The molecule has 0 saturated carbocycles. The summed E-state index contributed by atoms with van der Waals surface area (Å²) in [6.45, 7) is 0. The monoisotopic (exact) mass is 770 g/mol. The number of rotatable bonds is 4. The average Bonchev–Trinajstić information content (AvgIpc) is 3.97. The van der Waals surface area contributed by atoms with Crippen LogP contribution in [0.1, 0.15) is 0 Å². The Labute approximate surface area is 341 Å². The number of nitrogens with zero attached hydrogens (tertiary/aromatic N) is 4. The molecule has 0 aliphatic rings. The number of furan rings is 1.